The van der Waals surface area contributed by atoms with Crippen molar-refractivity contribution in [1.29, 1.82) is 0 Å². The van der Waals surface area contributed by atoms with Gasteiger partial charge in [0.05, 0.1) is 5.75 Å². The van der Waals surface area contributed by atoms with E-state index in [2.05, 4.69) is 28.5 Å². The Balaban J connectivity index is 1.77. The molecule has 0 aromatic heterocycles. The fourth-order valence-corrected chi connectivity index (χ4v) is 4.14. The van der Waals surface area contributed by atoms with Gasteiger partial charge in [-0.25, -0.2) is 13.1 Å². The molecule has 1 saturated heterocycles. The molecule has 1 N–H and O–H groups in total. The van der Waals surface area contributed by atoms with Gasteiger partial charge in [-0.3, -0.25) is 0 Å². The number of likely N-dealkylation sites (N-methyl/N-ethyl adjacent to an activating group) is 1. The minimum Gasteiger partial charge on any atom is -0.304 e. The summed E-state index contributed by atoms with van der Waals surface area (Å²) in [6.07, 6.45) is 0. The van der Waals surface area contributed by atoms with E-state index < -0.39 is 10.0 Å². The van der Waals surface area contributed by atoms with Crippen LogP contribution in [0.4, 0.5) is 0 Å². The number of aryl methyl sites for hydroxylation is 1. The van der Waals surface area contributed by atoms with E-state index in [0.717, 1.165) is 43.9 Å². The maximum atomic E-state index is 12.2. The fraction of sp³-hybridized carbons (Fsp3) is 0.647. The summed E-state index contributed by atoms with van der Waals surface area (Å²) in [6.45, 7) is 9.84. The molecule has 0 amide bonds. The summed E-state index contributed by atoms with van der Waals surface area (Å²) < 4.78 is 27.2. The van der Waals surface area contributed by atoms with Gasteiger partial charge in [-0.15, -0.1) is 0 Å². The SMILES string of the molecule is Cc1cccc(CS(=O)(=O)NC[C@H](C)CN2CCN(C)CC2)c1. The van der Waals surface area contributed by atoms with Crippen LogP contribution in [0.3, 0.4) is 0 Å². The largest absolute Gasteiger partial charge is 0.304 e. The van der Waals surface area contributed by atoms with E-state index in [1.807, 2.05) is 31.2 Å². The highest BCUT2D eigenvalue weighted by Crippen LogP contribution is 2.09. The molecule has 130 valence electrons. The Kier molecular flexibility index (Phi) is 6.59. The molecule has 1 atom stereocenters. The number of hydrogen-bond acceptors (Lipinski definition) is 4. The van der Waals surface area contributed by atoms with E-state index in [0.29, 0.717) is 12.5 Å². The van der Waals surface area contributed by atoms with Crippen molar-refractivity contribution in [2.24, 2.45) is 5.92 Å². The molecule has 2 rings (SSSR count). The molecule has 5 nitrogen and oxygen atoms in total. The van der Waals surface area contributed by atoms with E-state index >= 15 is 0 Å². The van der Waals surface area contributed by atoms with Gasteiger partial charge in [-0.2, -0.15) is 0 Å². The van der Waals surface area contributed by atoms with Crippen molar-refractivity contribution in [1.82, 2.24) is 14.5 Å². The number of rotatable bonds is 7. The highest BCUT2D eigenvalue weighted by Gasteiger charge is 2.18. The van der Waals surface area contributed by atoms with Gasteiger partial charge in [0.2, 0.25) is 10.0 Å². The van der Waals surface area contributed by atoms with E-state index in [1.165, 1.54) is 0 Å². The summed E-state index contributed by atoms with van der Waals surface area (Å²) >= 11 is 0. The maximum Gasteiger partial charge on any atom is 0.215 e. The van der Waals surface area contributed by atoms with Crippen LogP contribution in [0.1, 0.15) is 18.1 Å². The smallest absolute Gasteiger partial charge is 0.215 e. The Bertz CT molecular complexity index is 596. The first-order chi connectivity index (χ1) is 10.8. The van der Waals surface area contributed by atoms with Gasteiger partial charge in [0.15, 0.2) is 0 Å². The number of nitrogens with zero attached hydrogens (tertiary/aromatic N) is 2. The summed E-state index contributed by atoms with van der Waals surface area (Å²) in [4.78, 5) is 4.74. The zero-order valence-electron chi connectivity index (χ0n) is 14.5. The van der Waals surface area contributed by atoms with E-state index in [-0.39, 0.29) is 5.75 Å². The molecule has 23 heavy (non-hydrogen) atoms. The summed E-state index contributed by atoms with van der Waals surface area (Å²) in [6, 6.07) is 7.66. The van der Waals surface area contributed by atoms with Gasteiger partial charge in [0, 0.05) is 39.3 Å². The molecule has 0 saturated carbocycles. The van der Waals surface area contributed by atoms with Crippen LogP contribution in [0.25, 0.3) is 0 Å². The molecule has 0 aliphatic carbocycles. The maximum absolute atomic E-state index is 12.2. The monoisotopic (exact) mass is 339 g/mol. The van der Waals surface area contributed by atoms with Gasteiger partial charge in [-0.1, -0.05) is 36.8 Å². The van der Waals surface area contributed by atoms with Crippen molar-refractivity contribution in [3.05, 3.63) is 35.4 Å². The minimum absolute atomic E-state index is 0.0515. The first-order valence-corrected chi connectivity index (χ1v) is 9.93. The van der Waals surface area contributed by atoms with Crippen LogP contribution >= 0.6 is 0 Å². The molecule has 1 aliphatic rings. The first kappa shape index (κ1) is 18.4. The van der Waals surface area contributed by atoms with Crippen molar-refractivity contribution >= 4 is 10.0 Å². The van der Waals surface area contributed by atoms with Gasteiger partial charge in [-0.05, 0) is 25.5 Å². The average Bonchev–Trinajstić information content (AvgIpc) is 2.47. The normalized spacial score (nSPS) is 18.9. The standard InChI is InChI=1S/C17H29N3O2S/c1-15-5-4-6-17(11-15)14-23(21,22)18-12-16(2)13-20-9-7-19(3)8-10-20/h4-6,11,16,18H,7-10,12-14H2,1-3H3/t16-/m0/s1. The van der Waals surface area contributed by atoms with Crippen molar-refractivity contribution in [3.63, 3.8) is 0 Å². The lowest BCUT2D eigenvalue weighted by molar-refractivity contribution is 0.139. The number of benzene rings is 1. The van der Waals surface area contributed by atoms with Gasteiger partial charge in [0.1, 0.15) is 0 Å². The quantitative estimate of drug-likeness (QED) is 0.813. The summed E-state index contributed by atoms with van der Waals surface area (Å²) in [5.74, 6) is 0.362. The van der Waals surface area contributed by atoms with E-state index in [4.69, 9.17) is 0 Å². The molecule has 1 heterocycles. The van der Waals surface area contributed by atoms with Crippen LogP contribution in [-0.2, 0) is 15.8 Å². The Morgan fingerprint density at radius 3 is 2.57 bits per heavy atom. The Hall–Kier alpha value is -0.950. The van der Waals surface area contributed by atoms with Crippen molar-refractivity contribution in [2.75, 3.05) is 46.3 Å². The topological polar surface area (TPSA) is 52.7 Å². The molecule has 1 aliphatic heterocycles. The second-order valence-electron chi connectivity index (χ2n) is 6.81. The van der Waals surface area contributed by atoms with Crippen LogP contribution in [-0.4, -0.2) is 64.5 Å². The molecular weight excluding hydrogens is 310 g/mol. The summed E-state index contributed by atoms with van der Waals surface area (Å²) in [7, 11) is -1.13. The van der Waals surface area contributed by atoms with Crippen molar-refractivity contribution < 1.29 is 8.42 Å². The molecule has 1 aromatic rings. The summed E-state index contributed by atoms with van der Waals surface area (Å²) in [5.41, 5.74) is 1.92. The molecular formula is C17H29N3O2S. The van der Waals surface area contributed by atoms with Crippen molar-refractivity contribution in [2.45, 2.75) is 19.6 Å². The van der Waals surface area contributed by atoms with E-state index in [1.54, 1.807) is 0 Å². The predicted octanol–water partition coefficient (Wildman–Crippen LogP) is 1.30. The lowest BCUT2D eigenvalue weighted by Crippen LogP contribution is -2.46. The average molecular weight is 340 g/mol. The molecule has 6 heteroatoms. The molecule has 1 fully saturated rings. The number of nitrogens with one attached hydrogen (secondary N) is 1. The Morgan fingerprint density at radius 2 is 1.91 bits per heavy atom. The summed E-state index contributed by atoms with van der Waals surface area (Å²) in [5, 5.41) is 0. The predicted molar refractivity (Wildman–Crippen MR) is 94.9 cm³/mol. The molecule has 0 unspecified atom stereocenters. The Morgan fingerprint density at radius 1 is 1.22 bits per heavy atom. The third-order valence-electron chi connectivity index (χ3n) is 4.26. The molecule has 1 aromatic carbocycles. The van der Waals surface area contributed by atoms with Crippen LogP contribution in [0.2, 0.25) is 0 Å². The zero-order chi connectivity index (χ0) is 16.9. The highest BCUT2D eigenvalue weighted by atomic mass is 32.2. The lowest BCUT2D eigenvalue weighted by Gasteiger charge is -2.33. The Labute approximate surface area is 140 Å². The molecule has 0 spiro atoms. The van der Waals surface area contributed by atoms with Crippen LogP contribution in [0.5, 0.6) is 0 Å². The molecule has 0 radical (unpaired) electrons. The highest BCUT2D eigenvalue weighted by molar-refractivity contribution is 7.88. The van der Waals surface area contributed by atoms with Gasteiger partial charge >= 0.3 is 0 Å². The van der Waals surface area contributed by atoms with Crippen LogP contribution in [0.15, 0.2) is 24.3 Å². The second-order valence-corrected chi connectivity index (χ2v) is 8.61. The number of piperazine rings is 1. The van der Waals surface area contributed by atoms with Gasteiger partial charge in [0.25, 0.3) is 0 Å². The zero-order valence-corrected chi connectivity index (χ0v) is 15.3. The fourth-order valence-electron chi connectivity index (χ4n) is 2.88. The van der Waals surface area contributed by atoms with Crippen molar-refractivity contribution in [3.8, 4) is 0 Å². The third-order valence-corrected chi connectivity index (χ3v) is 5.58. The minimum atomic E-state index is -3.27. The number of sulfonamides is 1. The van der Waals surface area contributed by atoms with Crippen LogP contribution < -0.4 is 4.72 Å². The number of hydrogen-bond donors (Lipinski definition) is 1. The van der Waals surface area contributed by atoms with Gasteiger partial charge < -0.3 is 9.80 Å². The first-order valence-electron chi connectivity index (χ1n) is 8.28. The second kappa shape index (κ2) is 8.24. The molecule has 0 bridgehead atoms. The van der Waals surface area contributed by atoms with E-state index in [9.17, 15) is 8.42 Å². The van der Waals surface area contributed by atoms with Crippen LogP contribution in [0, 0.1) is 12.8 Å². The third kappa shape index (κ3) is 6.59. The lowest BCUT2D eigenvalue weighted by atomic mass is 10.1.